The number of carbonyl (C=O) groups is 1. The monoisotopic (exact) mass is 912 g/mol. The first-order valence-corrected chi connectivity index (χ1v) is 24.3. The van der Waals surface area contributed by atoms with Gasteiger partial charge in [0.2, 0.25) is 11.7 Å². The molecule has 3 aromatic rings. The number of amides is 1. The molecule has 1 fully saturated rings. The minimum atomic E-state index is -1.47. The van der Waals surface area contributed by atoms with Crippen molar-refractivity contribution in [2.45, 2.75) is 140 Å². The fourth-order valence-corrected chi connectivity index (χ4v) is 10.5. The highest BCUT2D eigenvalue weighted by Gasteiger charge is 2.65. The molecule has 2 N–H and O–H groups in total. The molecule has 12 nitrogen and oxygen atoms in total. The third kappa shape index (κ3) is 12.5. The molecule has 0 saturated heterocycles. The fraction of sp³-hybridized carbons (Fsp3) is 0.547. The van der Waals surface area contributed by atoms with Gasteiger partial charge >= 0.3 is 0 Å². The minimum Gasteiger partial charge on any atom is -0.459 e. The predicted octanol–water partition coefficient (Wildman–Crippen LogP) is 11.7. The number of oxime groups is 1. The summed E-state index contributed by atoms with van der Waals surface area (Å²) in [7, 11) is 1.52. The SMILES string of the molecule is C=CCO[C@@]12Oc3ccc(Oc4cccc([N+](=O)[O-])c4)cc3[C@H]3[C@H](CCCCO)[C@@H](CCCCO)C=C(C(=NOC)C[C@@H]1N(Cc1ccc(F)cc1)C(=O)CCCCCCCCCCC)[C@H]32. The average Bonchev–Trinajstić information content (AvgIpc) is 3.32. The van der Waals surface area contributed by atoms with Crippen LogP contribution in [-0.2, 0) is 20.9 Å². The van der Waals surface area contributed by atoms with Gasteiger partial charge in [0.1, 0.15) is 36.2 Å². The topological polar surface area (TPSA) is 153 Å². The summed E-state index contributed by atoms with van der Waals surface area (Å²) in [6.45, 7) is 6.67. The molecule has 0 bridgehead atoms. The number of hydrogen-bond donors (Lipinski definition) is 2. The van der Waals surface area contributed by atoms with Crippen LogP contribution in [0.3, 0.4) is 0 Å². The van der Waals surface area contributed by atoms with Crippen molar-refractivity contribution in [2.75, 3.05) is 26.9 Å². The maximum absolute atomic E-state index is 15.0. The number of benzene rings is 3. The summed E-state index contributed by atoms with van der Waals surface area (Å²) in [5.41, 5.74) is 3.10. The van der Waals surface area contributed by atoms with Crippen molar-refractivity contribution in [3.63, 3.8) is 0 Å². The van der Waals surface area contributed by atoms with Gasteiger partial charge in [-0.05, 0) is 91.5 Å². The summed E-state index contributed by atoms with van der Waals surface area (Å²) < 4.78 is 35.2. The summed E-state index contributed by atoms with van der Waals surface area (Å²) in [6, 6.07) is 17.2. The molecular formula is C53H70FN3O9. The highest BCUT2D eigenvalue weighted by Crippen LogP contribution is 2.62. The Kier molecular flexibility index (Phi) is 19.2. The lowest BCUT2D eigenvalue weighted by Gasteiger charge is -2.60. The van der Waals surface area contributed by atoms with Gasteiger partial charge in [-0.2, -0.15) is 0 Å². The number of hydrogen-bond acceptors (Lipinski definition) is 10. The molecule has 6 rings (SSSR count). The van der Waals surface area contributed by atoms with Crippen LogP contribution in [0.15, 0.2) is 96.2 Å². The average molecular weight is 912 g/mol. The van der Waals surface area contributed by atoms with Crippen molar-refractivity contribution in [1.82, 2.24) is 4.90 Å². The number of carbonyl (C=O) groups excluding carboxylic acids is 1. The number of nitrogens with zero attached hydrogens (tertiary/aromatic N) is 3. The van der Waals surface area contributed by atoms with E-state index in [-0.39, 0.29) is 68.0 Å². The Hall–Kier alpha value is -5.11. The van der Waals surface area contributed by atoms with E-state index in [0.717, 1.165) is 68.1 Å². The van der Waals surface area contributed by atoms with Crippen molar-refractivity contribution in [3.8, 4) is 17.2 Å². The van der Waals surface area contributed by atoms with Crippen molar-refractivity contribution >= 4 is 17.3 Å². The second-order valence-corrected chi connectivity index (χ2v) is 18.0. The summed E-state index contributed by atoms with van der Waals surface area (Å²) in [5, 5.41) is 36.3. The van der Waals surface area contributed by atoms with Gasteiger partial charge in [0.15, 0.2) is 0 Å². The fourth-order valence-electron chi connectivity index (χ4n) is 10.5. The van der Waals surface area contributed by atoms with Crippen LogP contribution in [-0.4, -0.2) is 70.4 Å². The largest absolute Gasteiger partial charge is 0.459 e. The molecule has 1 aliphatic heterocycles. The van der Waals surface area contributed by atoms with Crippen LogP contribution < -0.4 is 9.47 Å². The first-order valence-electron chi connectivity index (χ1n) is 24.3. The van der Waals surface area contributed by atoms with Gasteiger partial charge in [-0.1, -0.05) is 107 Å². The standard InChI is InChI=1S/C53H70FN3O9/c1-4-6-7-8-9-10-11-12-13-23-50(60)56(37-38-24-26-40(54)27-25-38)49-36-47(55-63-3)45-33-39(19-14-16-30-58)44(22-15-17-31-59)51-46-35-43(65-42-21-18-20-41(34-42)57(61)62)28-29-48(46)66-53(49,52(45)51)64-32-5-2/h5,18,20-21,24-29,33-35,39,44,49,51-52,58-59H,2,4,6-17,19,22-23,30-32,36-37H2,1,3H3/t39-,44+,49-,51+,52+,53+/m0/s1. The Bertz CT molecular complexity index is 2110. The molecule has 0 unspecified atom stereocenters. The number of fused-ring (bicyclic) bond motifs is 2. The van der Waals surface area contributed by atoms with E-state index >= 15 is 4.79 Å². The van der Waals surface area contributed by atoms with Crippen molar-refractivity contribution < 1.29 is 43.4 Å². The quantitative estimate of drug-likeness (QED) is 0.0314. The molecule has 1 amide bonds. The van der Waals surface area contributed by atoms with Crippen molar-refractivity contribution in [1.29, 1.82) is 0 Å². The van der Waals surface area contributed by atoms with Gasteiger partial charge in [-0.25, -0.2) is 4.39 Å². The van der Waals surface area contributed by atoms with Gasteiger partial charge < -0.3 is 34.2 Å². The number of aliphatic hydroxyl groups excluding tert-OH is 2. The van der Waals surface area contributed by atoms with Crippen LogP contribution in [0.1, 0.15) is 133 Å². The maximum atomic E-state index is 15.0. The molecular weight excluding hydrogens is 842 g/mol. The predicted molar refractivity (Wildman–Crippen MR) is 254 cm³/mol. The Balaban J connectivity index is 1.49. The van der Waals surface area contributed by atoms with Crippen LogP contribution in [0.5, 0.6) is 17.2 Å². The number of unbranched alkanes of at least 4 members (excludes halogenated alkanes) is 10. The Morgan fingerprint density at radius 2 is 1.64 bits per heavy atom. The second kappa shape index (κ2) is 25.1. The number of aliphatic hydroxyl groups is 2. The zero-order valence-corrected chi connectivity index (χ0v) is 38.9. The Morgan fingerprint density at radius 3 is 2.32 bits per heavy atom. The lowest BCUT2D eigenvalue weighted by Crippen LogP contribution is -2.70. The normalized spacial score (nSPS) is 22.4. The van der Waals surface area contributed by atoms with Gasteiger partial charge in [0.05, 0.1) is 29.2 Å². The van der Waals surface area contributed by atoms with Crippen molar-refractivity contribution in [2.24, 2.45) is 22.9 Å². The molecule has 6 atom stereocenters. The number of nitro benzene ring substituents is 1. The zero-order chi connectivity index (χ0) is 46.9. The zero-order valence-electron chi connectivity index (χ0n) is 38.9. The highest BCUT2D eigenvalue weighted by molar-refractivity contribution is 6.03. The Morgan fingerprint density at radius 1 is 0.939 bits per heavy atom. The number of rotatable bonds is 28. The highest BCUT2D eigenvalue weighted by atomic mass is 19.1. The number of halogens is 1. The number of non-ortho nitro benzene ring substituents is 1. The number of nitro groups is 1. The summed E-state index contributed by atoms with van der Waals surface area (Å²) in [4.78, 5) is 33.7. The van der Waals surface area contributed by atoms with Crippen LogP contribution in [0, 0.1) is 33.7 Å². The maximum Gasteiger partial charge on any atom is 0.273 e. The summed E-state index contributed by atoms with van der Waals surface area (Å²) >= 11 is 0. The lowest BCUT2D eigenvalue weighted by molar-refractivity contribution is -0.384. The van der Waals surface area contributed by atoms with Crippen LogP contribution in [0.25, 0.3) is 0 Å². The van der Waals surface area contributed by atoms with Crippen LogP contribution in [0.2, 0.25) is 0 Å². The van der Waals surface area contributed by atoms with Crippen LogP contribution in [0.4, 0.5) is 10.1 Å². The molecule has 66 heavy (non-hydrogen) atoms. The van der Waals surface area contributed by atoms with Crippen LogP contribution >= 0.6 is 0 Å². The summed E-state index contributed by atoms with van der Waals surface area (Å²) in [6.07, 6.45) is 18.9. The summed E-state index contributed by atoms with van der Waals surface area (Å²) in [5.74, 6) is -1.39. The molecule has 0 aromatic heterocycles. The molecule has 3 aromatic carbocycles. The van der Waals surface area contributed by atoms with E-state index in [0.29, 0.717) is 42.2 Å². The lowest BCUT2D eigenvalue weighted by atomic mass is 9.55. The molecule has 3 aliphatic rings. The van der Waals surface area contributed by atoms with E-state index < -0.39 is 22.7 Å². The van der Waals surface area contributed by atoms with E-state index in [1.807, 2.05) is 17.0 Å². The van der Waals surface area contributed by atoms with E-state index in [1.54, 1.807) is 36.4 Å². The van der Waals surface area contributed by atoms with Gasteiger partial charge in [-0.3, -0.25) is 14.9 Å². The molecule has 0 radical (unpaired) electrons. The van der Waals surface area contributed by atoms with E-state index in [4.69, 9.17) is 24.2 Å². The molecule has 358 valence electrons. The number of ether oxygens (including phenoxy) is 3. The van der Waals surface area contributed by atoms with Crippen molar-refractivity contribution in [3.05, 3.63) is 118 Å². The second-order valence-electron chi connectivity index (χ2n) is 18.0. The van der Waals surface area contributed by atoms with E-state index in [9.17, 15) is 24.7 Å². The molecule has 1 saturated carbocycles. The molecule has 1 heterocycles. The number of allylic oxidation sites excluding steroid dienone is 1. The molecule has 2 aliphatic carbocycles. The van der Waals surface area contributed by atoms with E-state index in [2.05, 4.69) is 19.6 Å². The van der Waals surface area contributed by atoms with E-state index in [1.165, 1.54) is 63.5 Å². The first-order chi connectivity index (χ1) is 32.2. The smallest absolute Gasteiger partial charge is 0.273 e. The van der Waals surface area contributed by atoms with Gasteiger partial charge in [0, 0.05) is 50.1 Å². The van der Waals surface area contributed by atoms with Gasteiger partial charge in [-0.15, -0.1) is 6.58 Å². The first kappa shape index (κ1) is 50.3. The third-order valence-electron chi connectivity index (χ3n) is 13.6. The molecule has 13 heteroatoms. The molecule has 0 spiro atoms. The Labute approximate surface area is 390 Å². The van der Waals surface area contributed by atoms with Gasteiger partial charge in [0.25, 0.3) is 5.69 Å². The minimum absolute atomic E-state index is 0.0165. The third-order valence-corrected chi connectivity index (χ3v) is 13.6.